The third-order valence-corrected chi connectivity index (χ3v) is 5.03. The number of carbonyl (C=O) groups excluding carboxylic acids is 1. The summed E-state index contributed by atoms with van der Waals surface area (Å²) in [4.78, 5) is 18.9. The number of hydrogen-bond donors (Lipinski definition) is 1. The van der Waals surface area contributed by atoms with Crippen LogP contribution in [0, 0.1) is 0 Å². The lowest BCUT2D eigenvalue weighted by atomic mass is 9.86. The van der Waals surface area contributed by atoms with Crippen LogP contribution in [0.25, 0.3) is 0 Å². The molecule has 1 N–H and O–H groups in total. The van der Waals surface area contributed by atoms with E-state index < -0.39 is 5.60 Å². The predicted molar refractivity (Wildman–Crippen MR) is 97.4 cm³/mol. The summed E-state index contributed by atoms with van der Waals surface area (Å²) in [5.74, 6) is 0.850. The summed E-state index contributed by atoms with van der Waals surface area (Å²) in [5, 5.41) is 11.3. The SMILES string of the molecule is COc1ccc(C(C)(O)C2CCCN2C(=O)c2cccnc2OC)cc1. The van der Waals surface area contributed by atoms with Crippen molar-refractivity contribution >= 4 is 5.91 Å². The Hall–Kier alpha value is -2.60. The van der Waals surface area contributed by atoms with E-state index in [1.165, 1.54) is 7.11 Å². The first-order valence-electron chi connectivity index (χ1n) is 8.66. The van der Waals surface area contributed by atoms with Gasteiger partial charge in [-0.2, -0.15) is 0 Å². The molecule has 2 heterocycles. The molecule has 0 aliphatic carbocycles. The predicted octanol–water partition coefficient (Wildman–Crippen LogP) is 2.61. The Kier molecular flexibility index (Phi) is 5.13. The zero-order chi connectivity index (χ0) is 18.7. The topological polar surface area (TPSA) is 71.9 Å². The van der Waals surface area contributed by atoms with Gasteiger partial charge in [-0.25, -0.2) is 4.98 Å². The average Bonchev–Trinajstić information content (AvgIpc) is 3.18. The van der Waals surface area contributed by atoms with Crippen molar-refractivity contribution in [1.29, 1.82) is 0 Å². The van der Waals surface area contributed by atoms with Gasteiger partial charge in [0.2, 0.25) is 5.88 Å². The molecule has 0 saturated carbocycles. The molecule has 2 atom stereocenters. The number of hydrogen-bond acceptors (Lipinski definition) is 5. The number of nitrogens with zero attached hydrogens (tertiary/aromatic N) is 2. The largest absolute Gasteiger partial charge is 0.497 e. The van der Waals surface area contributed by atoms with Gasteiger partial charge >= 0.3 is 0 Å². The molecule has 6 nitrogen and oxygen atoms in total. The minimum atomic E-state index is -1.17. The number of aromatic nitrogens is 1. The second-order valence-electron chi connectivity index (χ2n) is 6.59. The summed E-state index contributed by atoms with van der Waals surface area (Å²) in [5.41, 5.74) is -0.0120. The highest BCUT2D eigenvalue weighted by Gasteiger charge is 2.43. The Morgan fingerprint density at radius 2 is 1.96 bits per heavy atom. The first-order chi connectivity index (χ1) is 12.5. The van der Waals surface area contributed by atoms with Gasteiger partial charge in [0.1, 0.15) is 16.9 Å². The standard InChI is InChI=1S/C20H24N2O4/c1-20(24,14-8-10-15(25-2)11-9-14)17-7-5-13-22(17)19(23)16-6-4-12-21-18(16)26-3/h4,6,8-12,17,24H,5,7,13H2,1-3H3. The van der Waals surface area contributed by atoms with Crippen molar-refractivity contribution in [2.45, 2.75) is 31.4 Å². The number of pyridine rings is 1. The van der Waals surface area contributed by atoms with E-state index in [1.54, 1.807) is 37.3 Å². The number of rotatable bonds is 5. The molecule has 6 heteroatoms. The molecule has 2 unspecified atom stereocenters. The van der Waals surface area contributed by atoms with E-state index in [0.717, 1.165) is 24.2 Å². The van der Waals surface area contributed by atoms with Crippen molar-refractivity contribution in [3.8, 4) is 11.6 Å². The Morgan fingerprint density at radius 1 is 1.23 bits per heavy atom. The zero-order valence-electron chi connectivity index (χ0n) is 15.3. The molecule has 1 saturated heterocycles. The molecule has 26 heavy (non-hydrogen) atoms. The van der Waals surface area contributed by atoms with Crippen molar-refractivity contribution in [3.05, 3.63) is 53.7 Å². The van der Waals surface area contributed by atoms with E-state index >= 15 is 0 Å². The van der Waals surface area contributed by atoms with Crippen LogP contribution in [0.1, 0.15) is 35.7 Å². The van der Waals surface area contributed by atoms with Crippen LogP contribution in [0.2, 0.25) is 0 Å². The molecule has 0 spiro atoms. The van der Waals surface area contributed by atoms with Gasteiger partial charge in [-0.3, -0.25) is 4.79 Å². The van der Waals surface area contributed by atoms with Gasteiger partial charge in [-0.05, 0) is 49.6 Å². The monoisotopic (exact) mass is 356 g/mol. The van der Waals surface area contributed by atoms with Gasteiger partial charge in [0, 0.05) is 12.7 Å². The second kappa shape index (κ2) is 7.33. The number of likely N-dealkylation sites (tertiary alicyclic amines) is 1. The van der Waals surface area contributed by atoms with Crippen LogP contribution >= 0.6 is 0 Å². The Balaban J connectivity index is 1.90. The number of carbonyl (C=O) groups is 1. The normalized spacial score (nSPS) is 19.1. The van der Waals surface area contributed by atoms with Gasteiger partial charge < -0.3 is 19.5 Å². The Morgan fingerprint density at radius 3 is 2.62 bits per heavy atom. The van der Waals surface area contributed by atoms with Crippen LogP contribution in [0.15, 0.2) is 42.6 Å². The van der Waals surface area contributed by atoms with Crippen LogP contribution in [-0.2, 0) is 5.60 Å². The molecule has 0 radical (unpaired) electrons. The van der Waals surface area contributed by atoms with Gasteiger partial charge in [-0.15, -0.1) is 0 Å². The average molecular weight is 356 g/mol. The molecular weight excluding hydrogens is 332 g/mol. The van der Waals surface area contributed by atoms with E-state index in [1.807, 2.05) is 24.3 Å². The summed E-state index contributed by atoms with van der Waals surface area (Å²) in [6.07, 6.45) is 3.16. The third-order valence-electron chi connectivity index (χ3n) is 5.03. The highest BCUT2D eigenvalue weighted by molar-refractivity contribution is 5.96. The molecule has 1 aliphatic rings. The fraction of sp³-hybridized carbons (Fsp3) is 0.400. The van der Waals surface area contributed by atoms with Crippen LogP contribution in [0.4, 0.5) is 0 Å². The summed E-state index contributed by atoms with van der Waals surface area (Å²) in [7, 11) is 3.10. The highest BCUT2D eigenvalue weighted by atomic mass is 16.5. The number of methoxy groups -OCH3 is 2. The van der Waals surface area contributed by atoms with E-state index in [0.29, 0.717) is 18.0 Å². The van der Waals surface area contributed by atoms with Gasteiger partial charge in [0.25, 0.3) is 5.91 Å². The molecule has 1 aromatic carbocycles. The number of amides is 1. The lowest BCUT2D eigenvalue weighted by Gasteiger charge is -2.37. The van der Waals surface area contributed by atoms with Crippen LogP contribution in [-0.4, -0.2) is 47.7 Å². The first kappa shape index (κ1) is 18.2. The number of aliphatic hydroxyl groups is 1. The maximum Gasteiger partial charge on any atom is 0.259 e. The van der Waals surface area contributed by atoms with E-state index in [-0.39, 0.29) is 11.9 Å². The van der Waals surface area contributed by atoms with Crippen molar-refractivity contribution in [2.75, 3.05) is 20.8 Å². The molecule has 1 fully saturated rings. The van der Waals surface area contributed by atoms with Crippen LogP contribution < -0.4 is 9.47 Å². The summed E-state index contributed by atoms with van der Waals surface area (Å²) < 4.78 is 10.4. The Bertz CT molecular complexity index is 774. The second-order valence-corrected chi connectivity index (χ2v) is 6.59. The first-order valence-corrected chi connectivity index (χ1v) is 8.66. The van der Waals surface area contributed by atoms with Gasteiger partial charge in [0.05, 0.1) is 20.3 Å². The fourth-order valence-corrected chi connectivity index (χ4v) is 3.59. The van der Waals surface area contributed by atoms with Crippen molar-refractivity contribution < 1.29 is 19.4 Å². The minimum Gasteiger partial charge on any atom is -0.497 e. The van der Waals surface area contributed by atoms with Crippen molar-refractivity contribution in [1.82, 2.24) is 9.88 Å². The lowest BCUT2D eigenvalue weighted by molar-refractivity contribution is -0.0178. The van der Waals surface area contributed by atoms with E-state index in [2.05, 4.69) is 4.98 Å². The molecule has 3 rings (SSSR count). The third kappa shape index (κ3) is 3.24. The molecule has 138 valence electrons. The lowest BCUT2D eigenvalue weighted by Crippen LogP contribution is -2.48. The van der Waals surface area contributed by atoms with Crippen molar-refractivity contribution in [2.24, 2.45) is 0 Å². The molecule has 0 bridgehead atoms. The molecule has 1 aromatic heterocycles. The summed E-state index contributed by atoms with van der Waals surface area (Å²) >= 11 is 0. The number of ether oxygens (including phenoxy) is 2. The summed E-state index contributed by atoms with van der Waals surface area (Å²) in [6.45, 7) is 2.35. The maximum absolute atomic E-state index is 13.1. The van der Waals surface area contributed by atoms with Crippen LogP contribution in [0.5, 0.6) is 11.6 Å². The number of benzene rings is 1. The van der Waals surface area contributed by atoms with Gasteiger partial charge in [0.15, 0.2) is 0 Å². The molecule has 2 aromatic rings. The highest BCUT2D eigenvalue weighted by Crippen LogP contribution is 2.36. The van der Waals surface area contributed by atoms with E-state index in [9.17, 15) is 9.90 Å². The molecular formula is C20H24N2O4. The minimum absolute atomic E-state index is 0.175. The quantitative estimate of drug-likeness (QED) is 0.892. The smallest absolute Gasteiger partial charge is 0.259 e. The molecule has 1 aliphatic heterocycles. The zero-order valence-corrected chi connectivity index (χ0v) is 15.3. The van der Waals surface area contributed by atoms with E-state index in [4.69, 9.17) is 9.47 Å². The van der Waals surface area contributed by atoms with Gasteiger partial charge in [-0.1, -0.05) is 12.1 Å². The summed E-state index contributed by atoms with van der Waals surface area (Å²) in [6, 6.07) is 10.4. The van der Waals surface area contributed by atoms with Crippen molar-refractivity contribution in [3.63, 3.8) is 0 Å². The molecule has 1 amide bonds. The Labute approximate surface area is 153 Å². The van der Waals surface area contributed by atoms with Crippen LogP contribution in [0.3, 0.4) is 0 Å². The fourth-order valence-electron chi connectivity index (χ4n) is 3.59. The maximum atomic E-state index is 13.1.